The van der Waals surface area contributed by atoms with E-state index in [0.29, 0.717) is 5.89 Å². The lowest BCUT2D eigenvalue weighted by Crippen LogP contribution is -1.66. The van der Waals surface area contributed by atoms with Gasteiger partial charge in [-0.3, -0.25) is 0 Å². The summed E-state index contributed by atoms with van der Waals surface area (Å²) in [7, 11) is 0. The molecule has 1 aromatic heterocycles. The van der Waals surface area contributed by atoms with Gasteiger partial charge in [0.05, 0.1) is 0 Å². The van der Waals surface area contributed by atoms with Crippen molar-refractivity contribution in [1.29, 1.82) is 0 Å². The third kappa shape index (κ3) is 3.86. The molecule has 2 rings (SSSR count). The molecule has 13 heavy (non-hydrogen) atoms. The highest BCUT2D eigenvalue weighted by atomic mass is 16.4. The van der Waals surface area contributed by atoms with Crippen LogP contribution < -0.4 is 0 Å². The molecule has 0 aliphatic carbocycles. The van der Waals surface area contributed by atoms with Crippen molar-refractivity contribution >= 4 is 6.08 Å². The summed E-state index contributed by atoms with van der Waals surface area (Å²) in [6.45, 7) is 3.41. The summed E-state index contributed by atoms with van der Waals surface area (Å²) in [5.41, 5.74) is 0. The van der Waals surface area contributed by atoms with Crippen LogP contribution in [0.25, 0.3) is 6.08 Å². The zero-order chi connectivity index (χ0) is 9.36. The van der Waals surface area contributed by atoms with Gasteiger partial charge in [-0.05, 0) is 6.08 Å². The lowest BCUT2D eigenvalue weighted by molar-refractivity contribution is 0.542. The van der Waals surface area contributed by atoms with Crippen molar-refractivity contribution < 1.29 is 4.42 Å². The fourth-order valence-electron chi connectivity index (χ4n) is 0.655. The van der Waals surface area contributed by atoms with Gasteiger partial charge in [0.1, 0.15) is 0 Å². The lowest BCUT2D eigenvalue weighted by atomic mass is 10.4. The maximum atomic E-state index is 4.64. The van der Waals surface area contributed by atoms with Crippen molar-refractivity contribution in [3.8, 4) is 0 Å². The molecule has 0 aliphatic heterocycles. The SMILES string of the molecule is C=Cc1nnco1.c1ccccc1. The predicted octanol–water partition coefficient (Wildman–Crippen LogP) is 2.40. The van der Waals surface area contributed by atoms with Gasteiger partial charge in [-0.1, -0.05) is 43.0 Å². The van der Waals surface area contributed by atoms with Crippen LogP contribution in [0, 0.1) is 0 Å². The van der Waals surface area contributed by atoms with Crippen molar-refractivity contribution in [2.75, 3.05) is 0 Å². The van der Waals surface area contributed by atoms with Crippen LogP contribution in [0.1, 0.15) is 5.89 Å². The summed E-state index contributed by atoms with van der Waals surface area (Å²) >= 11 is 0. The average Bonchev–Trinajstić information content (AvgIpc) is 2.74. The molecule has 3 heteroatoms. The Kier molecular flexibility index (Phi) is 4.04. The van der Waals surface area contributed by atoms with Crippen LogP contribution in [0.4, 0.5) is 0 Å². The van der Waals surface area contributed by atoms with Crippen LogP contribution in [-0.2, 0) is 0 Å². The molecule has 0 atom stereocenters. The molecule has 0 bridgehead atoms. The van der Waals surface area contributed by atoms with E-state index in [-0.39, 0.29) is 0 Å². The van der Waals surface area contributed by atoms with Crippen LogP contribution in [-0.4, -0.2) is 10.2 Å². The van der Waals surface area contributed by atoms with Gasteiger partial charge in [0.2, 0.25) is 12.3 Å². The molecule has 0 saturated carbocycles. The first kappa shape index (κ1) is 9.19. The van der Waals surface area contributed by atoms with Gasteiger partial charge in [0.15, 0.2) is 0 Å². The fraction of sp³-hybridized carbons (Fsp3) is 0. The number of hydrogen-bond donors (Lipinski definition) is 0. The largest absolute Gasteiger partial charge is 0.424 e. The molecule has 1 aromatic carbocycles. The maximum Gasteiger partial charge on any atom is 0.239 e. The Morgan fingerprint density at radius 1 is 1.08 bits per heavy atom. The summed E-state index contributed by atoms with van der Waals surface area (Å²) in [5, 5.41) is 6.91. The van der Waals surface area contributed by atoms with E-state index in [0.717, 1.165) is 0 Å². The summed E-state index contributed by atoms with van der Waals surface area (Å²) < 4.78 is 4.64. The third-order valence-electron chi connectivity index (χ3n) is 1.22. The van der Waals surface area contributed by atoms with E-state index in [1.54, 1.807) is 0 Å². The first-order chi connectivity index (χ1) is 6.43. The van der Waals surface area contributed by atoms with Gasteiger partial charge in [0, 0.05) is 0 Å². The van der Waals surface area contributed by atoms with Gasteiger partial charge in [0.25, 0.3) is 0 Å². The van der Waals surface area contributed by atoms with Crippen LogP contribution >= 0.6 is 0 Å². The number of hydrogen-bond acceptors (Lipinski definition) is 3. The minimum atomic E-state index is 0.458. The van der Waals surface area contributed by atoms with E-state index in [1.807, 2.05) is 36.4 Å². The van der Waals surface area contributed by atoms with Crippen molar-refractivity contribution in [2.45, 2.75) is 0 Å². The molecule has 1 heterocycles. The maximum absolute atomic E-state index is 4.64. The number of benzene rings is 1. The van der Waals surface area contributed by atoms with Gasteiger partial charge >= 0.3 is 0 Å². The minimum absolute atomic E-state index is 0.458. The molecule has 0 unspecified atom stereocenters. The number of nitrogens with zero attached hydrogens (tertiary/aromatic N) is 2. The van der Waals surface area contributed by atoms with E-state index in [9.17, 15) is 0 Å². The van der Waals surface area contributed by atoms with Crippen molar-refractivity contribution in [3.05, 3.63) is 55.3 Å². The summed E-state index contributed by atoms with van der Waals surface area (Å²) in [6, 6.07) is 12.0. The molecule has 2 aromatic rings. The molecule has 0 radical (unpaired) electrons. The van der Waals surface area contributed by atoms with Crippen LogP contribution in [0.2, 0.25) is 0 Å². The Balaban J connectivity index is 0.000000132. The van der Waals surface area contributed by atoms with E-state index in [4.69, 9.17) is 0 Å². The zero-order valence-corrected chi connectivity index (χ0v) is 7.13. The molecular weight excluding hydrogens is 164 g/mol. The molecule has 66 valence electrons. The van der Waals surface area contributed by atoms with E-state index < -0.39 is 0 Å². The predicted molar refractivity (Wildman–Crippen MR) is 50.8 cm³/mol. The standard InChI is InChI=1S/C6H6.C4H4N2O/c1-2-4-6-5-3-1;1-2-4-6-5-3-7-4/h1-6H;2-3H,1H2. The van der Waals surface area contributed by atoms with Crippen LogP contribution in [0.15, 0.2) is 53.8 Å². The topological polar surface area (TPSA) is 38.9 Å². The molecule has 0 fully saturated rings. The monoisotopic (exact) mass is 174 g/mol. The van der Waals surface area contributed by atoms with Gasteiger partial charge < -0.3 is 4.42 Å². The second kappa shape index (κ2) is 5.71. The van der Waals surface area contributed by atoms with Crippen molar-refractivity contribution in [3.63, 3.8) is 0 Å². The van der Waals surface area contributed by atoms with Gasteiger partial charge in [-0.15, -0.1) is 10.2 Å². The molecule has 0 amide bonds. The quantitative estimate of drug-likeness (QED) is 0.666. The first-order valence-electron chi connectivity index (χ1n) is 3.82. The molecule has 0 N–H and O–H groups in total. The average molecular weight is 174 g/mol. The second-order valence-corrected chi connectivity index (χ2v) is 2.14. The van der Waals surface area contributed by atoms with Crippen molar-refractivity contribution in [1.82, 2.24) is 10.2 Å². The highest BCUT2D eigenvalue weighted by Gasteiger charge is 1.83. The lowest BCUT2D eigenvalue weighted by Gasteiger charge is -1.69. The Morgan fingerprint density at radius 3 is 1.85 bits per heavy atom. The van der Waals surface area contributed by atoms with E-state index >= 15 is 0 Å². The van der Waals surface area contributed by atoms with Gasteiger partial charge in [-0.25, -0.2) is 0 Å². The zero-order valence-electron chi connectivity index (χ0n) is 7.13. The summed E-state index contributed by atoms with van der Waals surface area (Å²) in [6.07, 6.45) is 2.75. The Hall–Kier alpha value is -1.90. The van der Waals surface area contributed by atoms with Crippen LogP contribution in [0.3, 0.4) is 0 Å². The van der Waals surface area contributed by atoms with Crippen molar-refractivity contribution in [2.24, 2.45) is 0 Å². The molecule has 0 spiro atoms. The van der Waals surface area contributed by atoms with E-state index in [1.165, 1.54) is 12.5 Å². The molecule has 0 aliphatic rings. The molecule has 3 nitrogen and oxygen atoms in total. The Labute approximate surface area is 76.7 Å². The first-order valence-corrected chi connectivity index (χ1v) is 3.82. The summed E-state index contributed by atoms with van der Waals surface area (Å²) in [5.74, 6) is 0.458. The summed E-state index contributed by atoms with van der Waals surface area (Å²) in [4.78, 5) is 0. The highest BCUT2D eigenvalue weighted by Crippen LogP contribution is 1.89. The van der Waals surface area contributed by atoms with Gasteiger partial charge in [-0.2, -0.15) is 0 Å². The highest BCUT2D eigenvalue weighted by molar-refractivity contribution is 5.31. The fourth-order valence-corrected chi connectivity index (χ4v) is 0.655. The van der Waals surface area contributed by atoms with Crippen LogP contribution in [0.5, 0.6) is 0 Å². The molecule has 0 saturated heterocycles. The normalized spacial score (nSPS) is 8.31. The van der Waals surface area contributed by atoms with E-state index in [2.05, 4.69) is 21.2 Å². The Bertz CT molecular complexity index is 289. The minimum Gasteiger partial charge on any atom is -0.424 e. The third-order valence-corrected chi connectivity index (χ3v) is 1.22. The molecular formula is C10H10N2O. The smallest absolute Gasteiger partial charge is 0.239 e. The number of aromatic nitrogens is 2. The second-order valence-electron chi connectivity index (χ2n) is 2.14. The number of rotatable bonds is 1. The Morgan fingerprint density at radius 2 is 1.62 bits per heavy atom.